The van der Waals surface area contributed by atoms with E-state index in [9.17, 15) is 0 Å². The Bertz CT molecular complexity index is 3430. The van der Waals surface area contributed by atoms with Gasteiger partial charge in [0, 0.05) is 60.4 Å². The Kier molecular flexibility index (Phi) is 7.11. The topological polar surface area (TPSA) is 24.6 Å². The SMILES string of the molecule is Cc1cc2c(cc1N1c3cc(N(c4ccccc4)c4ccccc4)cc4c3B(c3oc5ccccc5c31)n1c3c-4cccc3c3sc4ccccc4c31)C(C)(C)CCC2(C)C. The Morgan fingerprint density at radius 1 is 0.590 bits per heavy atom. The molecule has 7 aromatic carbocycles. The minimum absolute atomic E-state index is 0.0346. The summed E-state index contributed by atoms with van der Waals surface area (Å²) in [6.07, 6.45) is 2.32. The summed E-state index contributed by atoms with van der Waals surface area (Å²) < 4.78 is 12.6. The zero-order chi connectivity index (χ0) is 40.9. The third-order valence-corrected chi connectivity index (χ3v) is 15.5. The Balaban J connectivity index is 1.21. The predicted octanol–water partition coefficient (Wildman–Crippen LogP) is 14.3. The molecular formula is C55H44BN3OS. The molecule has 1 aliphatic carbocycles. The van der Waals surface area contributed by atoms with E-state index in [1.807, 2.05) is 11.3 Å². The van der Waals surface area contributed by atoms with Crippen LogP contribution in [0.15, 0.2) is 156 Å². The summed E-state index contributed by atoms with van der Waals surface area (Å²) in [5.41, 5.74) is 19.5. The number of aryl methyl sites for hydroxylation is 1. The molecule has 0 radical (unpaired) electrons. The average Bonchev–Trinajstić information content (AvgIpc) is 3.95. The molecular weight excluding hydrogens is 762 g/mol. The first-order valence-electron chi connectivity index (χ1n) is 21.7. The van der Waals surface area contributed by atoms with Crippen molar-refractivity contribution < 1.29 is 4.42 Å². The number of thiophene rings is 1. The summed E-state index contributed by atoms with van der Waals surface area (Å²) in [6, 6.07) is 56.3. The van der Waals surface area contributed by atoms with Crippen LogP contribution in [0.1, 0.15) is 57.2 Å². The predicted molar refractivity (Wildman–Crippen MR) is 260 cm³/mol. The molecule has 61 heavy (non-hydrogen) atoms. The lowest BCUT2D eigenvalue weighted by atomic mass is 9.47. The lowest BCUT2D eigenvalue weighted by molar-refractivity contribution is 0.332. The first-order chi connectivity index (χ1) is 29.7. The first kappa shape index (κ1) is 35.3. The zero-order valence-electron chi connectivity index (χ0n) is 35.1. The third kappa shape index (κ3) is 4.77. The van der Waals surface area contributed by atoms with Gasteiger partial charge in [0.1, 0.15) is 11.2 Å². The standard InChI is InChI=1S/C55H44BN3OS/c1-33-29-42-43(55(4,5)28-27-54(42,2)3)32-44(33)58-45-31-36(57(34-17-8-6-9-18-34)35-19-10-7-11-20-35)30-41-37-23-16-24-40-49(37)59(50-39-22-13-15-26-47(39)61-52(40)50)56(48(41)45)53-51(58)38-21-12-14-25-46(38)60-53/h6-26,29-32H,27-28H2,1-5H3. The number of hydrogen-bond acceptors (Lipinski definition) is 4. The highest BCUT2D eigenvalue weighted by atomic mass is 32.1. The molecule has 13 rings (SSSR count). The van der Waals surface area contributed by atoms with Crippen molar-refractivity contribution in [2.45, 2.75) is 58.3 Å². The molecule has 0 unspecified atom stereocenters. The van der Waals surface area contributed by atoms with Crippen molar-refractivity contribution in [3.8, 4) is 11.1 Å². The number of fused-ring (bicyclic) bond motifs is 12. The van der Waals surface area contributed by atoms with Crippen molar-refractivity contribution in [3.05, 3.63) is 168 Å². The molecule has 4 nitrogen and oxygen atoms in total. The number of para-hydroxylation sites is 4. The molecule has 0 spiro atoms. The van der Waals surface area contributed by atoms with Crippen LogP contribution in [0, 0.1) is 6.92 Å². The van der Waals surface area contributed by atoms with Gasteiger partial charge in [-0.1, -0.05) is 119 Å². The monoisotopic (exact) mass is 805 g/mol. The molecule has 0 bridgehead atoms. The van der Waals surface area contributed by atoms with Crippen molar-refractivity contribution >= 4 is 106 Å². The van der Waals surface area contributed by atoms with Crippen molar-refractivity contribution in [1.82, 2.24) is 4.48 Å². The molecule has 0 N–H and O–H groups in total. The Morgan fingerprint density at radius 2 is 1.23 bits per heavy atom. The maximum atomic E-state index is 7.32. The molecule has 3 aromatic heterocycles. The highest BCUT2D eigenvalue weighted by Crippen LogP contribution is 2.54. The minimum Gasteiger partial charge on any atom is -0.466 e. The lowest BCUT2D eigenvalue weighted by Gasteiger charge is -2.44. The van der Waals surface area contributed by atoms with Crippen LogP contribution in [-0.4, -0.2) is 11.3 Å². The van der Waals surface area contributed by atoms with Crippen LogP contribution in [0.2, 0.25) is 0 Å². The fraction of sp³-hybridized carbons (Fsp3) is 0.164. The van der Waals surface area contributed by atoms with Gasteiger partial charge in [0.05, 0.1) is 15.9 Å². The molecule has 0 saturated heterocycles. The Morgan fingerprint density at radius 3 is 1.97 bits per heavy atom. The summed E-state index contributed by atoms with van der Waals surface area (Å²) in [5, 5.41) is 3.72. The molecule has 10 aromatic rings. The molecule has 0 atom stereocenters. The highest BCUT2D eigenvalue weighted by Gasteiger charge is 2.48. The van der Waals surface area contributed by atoms with Gasteiger partial charge in [0.25, 0.3) is 0 Å². The second kappa shape index (κ2) is 12.3. The number of anilines is 6. The van der Waals surface area contributed by atoms with E-state index < -0.39 is 0 Å². The largest absolute Gasteiger partial charge is 0.466 e. The first-order valence-corrected chi connectivity index (χ1v) is 22.5. The normalized spacial score (nSPS) is 15.7. The zero-order valence-corrected chi connectivity index (χ0v) is 35.9. The maximum absolute atomic E-state index is 7.32. The smallest absolute Gasteiger partial charge is 0.376 e. The van der Waals surface area contributed by atoms with Crippen molar-refractivity contribution in [3.63, 3.8) is 0 Å². The Labute approximate surface area is 360 Å². The van der Waals surface area contributed by atoms with Crippen molar-refractivity contribution in [2.24, 2.45) is 0 Å². The Hall–Kier alpha value is -6.50. The summed E-state index contributed by atoms with van der Waals surface area (Å²) in [7, 11) is 0. The summed E-state index contributed by atoms with van der Waals surface area (Å²) >= 11 is 1.91. The van der Waals surface area contributed by atoms with Crippen LogP contribution < -0.4 is 20.9 Å². The average molecular weight is 806 g/mol. The van der Waals surface area contributed by atoms with E-state index in [-0.39, 0.29) is 17.7 Å². The molecule has 2 aliphatic heterocycles. The number of hydrogen-bond donors (Lipinski definition) is 0. The van der Waals surface area contributed by atoms with E-state index in [0.717, 1.165) is 45.8 Å². The van der Waals surface area contributed by atoms with Gasteiger partial charge in [-0.25, -0.2) is 0 Å². The van der Waals surface area contributed by atoms with E-state index in [1.54, 1.807) is 0 Å². The van der Waals surface area contributed by atoms with Crippen molar-refractivity contribution in [1.29, 1.82) is 0 Å². The molecule has 6 heteroatoms. The molecule has 294 valence electrons. The van der Waals surface area contributed by atoms with Crippen molar-refractivity contribution in [2.75, 3.05) is 9.80 Å². The third-order valence-electron chi connectivity index (χ3n) is 14.3. The fourth-order valence-corrected chi connectivity index (χ4v) is 12.5. The second-order valence-corrected chi connectivity index (χ2v) is 19.8. The number of rotatable bonds is 4. The summed E-state index contributed by atoms with van der Waals surface area (Å²) in [4.78, 5) is 5.02. The van der Waals surface area contributed by atoms with Gasteiger partial charge >= 0.3 is 6.85 Å². The molecule has 5 heterocycles. The van der Waals surface area contributed by atoms with Crippen LogP contribution in [0.5, 0.6) is 0 Å². The lowest BCUT2D eigenvalue weighted by Crippen LogP contribution is -2.56. The highest BCUT2D eigenvalue weighted by molar-refractivity contribution is 7.27. The van der Waals surface area contributed by atoms with Crippen LogP contribution in [-0.2, 0) is 10.8 Å². The summed E-state index contributed by atoms with van der Waals surface area (Å²) in [5.74, 6) is 0. The van der Waals surface area contributed by atoms with E-state index in [2.05, 4.69) is 201 Å². The van der Waals surface area contributed by atoms with Gasteiger partial charge in [0.2, 0.25) is 0 Å². The van der Waals surface area contributed by atoms with E-state index in [0.29, 0.717) is 0 Å². The molecule has 0 fully saturated rings. The van der Waals surface area contributed by atoms with Crippen LogP contribution in [0.4, 0.5) is 34.1 Å². The van der Waals surface area contributed by atoms with Crippen LogP contribution in [0.3, 0.4) is 0 Å². The summed E-state index contributed by atoms with van der Waals surface area (Å²) in [6.45, 7) is 11.9. The fourth-order valence-electron chi connectivity index (χ4n) is 11.2. The van der Waals surface area contributed by atoms with Gasteiger partial charge < -0.3 is 18.7 Å². The van der Waals surface area contributed by atoms with Crippen LogP contribution >= 0.6 is 11.3 Å². The van der Waals surface area contributed by atoms with Gasteiger partial charge in [-0.3, -0.25) is 0 Å². The van der Waals surface area contributed by atoms with Gasteiger partial charge in [-0.2, -0.15) is 0 Å². The van der Waals surface area contributed by atoms with Gasteiger partial charge in [0.15, 0.2) is 0 Å². The number of benzene rings is 7. The van der Waals surface area contributed by atoms with E-state index in [1.165, 1.54) is 82.3 Å². The number of nitrogens with zero attached hydrogens (tertiary/aromatic N) is 3. The number of aromatic nitrogens is 1. The van der Waals surface area contributed by atoms with Gasteiger partial charge in [-0.05, 0) is 119 Å². The van der Waals surface area contributed by atoms with E-state index >= 15 is 0 Å². The maximum Gasteiger partial charge on any atom is 0.376 e. The molecule has 0 saturated carbocycles. The van der Waals surface area contributed by atoms with Gasteiger partial charge in [-0.15, -0.1) is 11.3 Å². The second-order valence-electron chi connectivity index (χ2n) is 18.8. The number of furan rings is 1. The van der Waals surface area contributed by atoms with Crippen LogP contribution in [0.25, 0.3) is 53.3 Å². The minimum atomic E-state index is -0.194. The molecule has 3 aliphatic rings. The van der Waals surface area contributed by atoms with E-state index in [4.69, 9.17) is 4.42 Å². The quantitative estimate of drug-likeness (QED) is 0.166. The molecule has 0 amide bonds.